The van der Waals surface area contributed by atoms with E-state index < -0.39 is 16.1 Å². The summed E-state index contributed by atoms with van der Waals surface area (Å²) in [5, 5.41) is 3.98. The van der Waals surface area contributed by atoms with Crippen LogP contribution in [-0.4, -0.2) is 48.5 Å². The van der Waals surface area contributed by atoms with E-state index in [0.717, 1.165) is 36.2 Å². The van der Waals surface area contributed by atoms with Crippen molar-refractivity contribution < 1.29 is 13.2 Å². The van der Waals surface area contributed by atoms with E-state index in [9.17, 15) is 13.2 Å². The third kappa shape index (κ3) is 5.06. The maximum atomic E-state index is 12.5. The van der Waals surface area contributed by atoms with Crippen molar-refractivity contribution in [3.05, 3.63) is 29.3 Å². The number of thiazole rings is 1. The summed E-state index contributed by atoms with van der Waals surface area (Å²) in [6.07, 6.45) is 4.42. The Balaban J connectivity index is 1.48. The molecule has 6 nitrogen and oxygen atoms in total. The van der Waals surface area contributed by atoms with E-state index in [1.54, 1.807) is 11.3 Å². The van der Waals surface area contributed by atoms with Crippen LogP contribution in [0.4, 0.5) is 0 Å². The number of sulfonamides is 1. The first-order chi connectivity index (χ1) is 13.0. The molecule has 27 heavy (non-hydrogen) atoms. The second kappa shape index (κ2) is 9.12. The molecule has 1 aromatic carbocycles. The van der Waals surface area contributed by atoms with Crippen LogP contribution in [0.2, 0.25) is 0 Å². The molecule has 1 amide bonds. The maximum absolute atomic E-state index is 12.5. The first kappa shape index (κ1) is 20.2. The summed E-state index contributed by atoms with van der Waals surface area (Å²) in [5.74, 6) is -0.0397. The number of carbonyl (C=O) groups is 1. The summed E-state index contributed by atoms with van der Waals surface area (Å²) >= 11 is 1.68. The number of fused-ring (bicyclic) bond motifs is 1. The smallest absolute Gasteiger partial charge is 0.238 e. The molecule has 0 radical (unpaired) electrons. The zero-order valence-corrected chi connectivity index (χ0v) is 17.3. The molecule has 0 aliphatic carbocycles. The Bertz CT molecular complexity index is 846. The number of amides is 1. The molecule has 1 fully saturated rings. The fourth-order valence-corrected chi connectivity index (χ4v) is 6.27. The zero-order chi connectivity index (χ0) is 19.3. The van der Waals surface area contributed by atoms with Crippen LogP contribution in [0.3, 0.4) is 0 Å². The van der Waals surface area contributed by atoms with Gasteiger partial charge in [-0.05, 0) is 37.8 Å². The molecule has 1 aromatic heterocycles. The number of para-hydroxylation sites is 1. The Morgan fingerprint density at radius 1 is 1.33 bits per heavy atom. The lowest BCUT2D eigenvalue weighted by Crippen LogP contribution is -2.46. The van der Waals surface area contributed by atoms with Gasteiger partial charge >= 0.3 is 0 Å². The van der Waals surface area contributed by atoms with Crippen LogP contribution in [0.25, 0.3) is 10.2 Å². The number of nitrogens with zero attached hydrogens (tertiary/aromatic N) is 2. The van der Waals surface area contributed by atoms with Crippen molar-refractivity contribution >= 4 is 37.5 Å². The molecule has 1 aliphatic rings. The molecule has 2 aromatic rings. The lowest BCUT2D eigenvalue weighted by Gasteiger charge is -2.23. The third-order valence-electron chi connectivity index (χ3n) is 4.82. The fourth-order valence-electron chi connectivity index (χ4n) is 3.37. The minimum absolute atomic E-state index is 0.130. The molecular weight excluding hydrogens is 382 g/mol. The SMILES string of the molecule is CCCCS(=O)(=O)N1CCCC1C(=O)NCCCc1nc2ccccc2s1. The first-order valence-electron chi connectivity index (χ1n) is 9.63. The number of aromatic nitrogens is 1. The molecule has 8 heteroatoms. The van der Waals surface area contributed by atoms with Crippen LogP contribution < -0.4 is 5.32 Å². The molecule has 0 saturated carbocycles. The number of unbranched alkanes of at least 4 members (excludes halogenated alkanes) is 1. The average Bonchev–Trinajstić information content (AvgIpc) is 3.30. The molecule has 148 valence electrons. The number of hydrogen-bond acceptors (Lipinski definition) is 5. The van der Waals surface area contributed by atoms with E-state index in [2.05, 4.69) is 16.4 Å². The van der Waals surface area contributed by atoms with Gasteiger partial charge in [0.25, 0.3) is 0 Å². The third-order valence-corrected chi connectivity index (χ3v) is 7.88. The quantitative estimate of drug-likeness (QED) is 0.646. The number of carbonyl (C=O) groups excluding carboxylic acids is 1. The fraction of sp³-hybridized carbons (Fsp3) is 0.579. The Labute approximate surface area is 165 Å². The summed E-state index contributed by atoms with van der Waals surface area (Å²) in [6, 6.07) is 7.51. The first-order valence-corrected chi connectivity index (χ1v) is 12.1. The predicted molar refractivity (Wildman–Crippen MR) is 109 cm³/mol. The number of hydrogen-bond donors (Lipinski definition) is 1. The minimum Gasteiger partial charge on any atom is -0.355 e. The Kier molecular flexibility index (Phi) is 6.83. The van der Waals surface area contributed by atoms with Crippen molar-refractivity contribution in [3.63, 3.8) is 0 Å². The van der Waals surface area contributed by atoms with Gasteiger partial charge in [-0.3, -0.25) is 4.79 Å². The number of aryl methyl sites for hydroxylation is 1. The molecule has 1 aliphatic heterocycles. The monoisotopic (exact) mass is 409 g/mol. The normalized spacial score (nSPS) is 18.2. The van der Waals surface area contributed by atoms with Crippen LogP contribution in [0.15, 0.2) is 24.3 Å². The number of nitrogens with one attached hydrogen (secondary N) is 1. The minimum atomic E-state index is -3.34. The Morgan fingerprint density at radius 3 is 2.93 bits per heavy atom. The Morgan fingerprint density at radius 2 is 2.15 bits per heavy atom. The van der Waals surface area contributed by atoms with E-state index in [4.69, 9.17) is 0 Å². The summed E-state index contributed by atoms with van der Waals surface area (Å²) in [7, 11) is -3.34. The molecule has 3 rings (SSSR count). The Hall–Kier alpha value is -1.51. The summed E-state index contributed by atoms with van der Waals surface area (Å²) < 4.78 is 27.5. The van der Waals surface area contributed by atoms with Gasteiger partial charge in [0.15, 0.2) is 0 Å². The van der Waals surface area contributed by atoms with Gasteiger partial charge in [-0.1, -0.05) is 25.5 Å². The van der Waals surface area contributed by atoms with Crippen LogP contribution in [0, 0.1) is 0 Å². The van der Waals surface area contributed by atoms with Gasteiger partial charge in [0, 0.05) is 19.5 Å². The molecule has 1 unspecified atom stereocenters. The van der Waals surface area contributed by atoms with Crippen molar-refractivity contribution in [1.29, 1.82) is 0 Å². The molecular formula is C19H27N3O3S2. The van der Waals surface area contributed by atoms with Crippen molar-refractivity contribution in [3.8, 4) is 0 Å². The van der Waals surface area contributed by atoms with Gasteiger partial charge in [0.2, 0.25) is 15.9 Å². The van der Waals surface area contributed by atoms with Gasteiger partial charge in [-0.2, -0.15) is 4.31 Å². The highest BCUT2D eigenvalue weighted by Crippen LogP contribution is 2.23. The average molecular weight is 410 g/mol. The van der Waals surface area contributed by atoms with Crippen molar-refractivity contribution in [2.24, 2.45) is 0 Å². The maximum Gasteiger partial charge on any atom is 0.238 e. The molecule has 2 heterocycles. The standard InChI is InChI=1S/C19H27N3O3S2/c1-2-3-14-27(24,25)22-13-7-9-16(22)19(23)20-12-6-11-18-21-15-8-4-5-10-17(15)26-18/h4-5,8,10,16H,2-3,6-7,9,11-14H2,1H3,(H,20,23). The van der Waals surface area contributed by atoms with Gasteiger partial charge < -0.3 is 5.32 Å². The lowest BCUT2D eigenvalue weighted by atomic mass is 10.2. The summed E-state index contributed by atoms with van der Waals surface area (Å²) in [5.41, 5.74) is 1.01. The summed E-state index contributed by atoms with van der Waals surface area (Å²) in [6.45, 7) is 2.96. The van der Waals surface area contributed by atoms with Gasteiger partial charge in [-0.25, -0.2) is 13.4 Å². The highest BCUT2D eigenvalue weighted by Gasteiger charge is 2.37. The van der Waals surface area contributed by atoms with Crippen LogP contribution in [-0.2, 0) is 21.2 Å². The summed E-state index contributed by atoms with van der Waals surface area (Å²) in [4.78, 5) is 17.1. The predicted octanol–water partition coefficient (Wildman–Crippen LogP) is 2.94. The second-order valence-corrected chi connectivity index (χ2v) is 10.1. The highest BCUT2D eigenvalue weighted by molar-refractivity contribution is 7.89. The van der Waals surface area contributed by atoms with E-state index in [0.29, 0.717) is 25.9 Å². The van der Waals surface area contributed by atoms with Crippen molar-refractivity contribution in [1.82, 2.24) is 14.6 Å². The number of benzene rings is 1. The van der Waals surface area contributed by atoms with E-state index in [-0.39, 0.29) is 11.7 Å². The molecule has 1 atom stereocenters. The molecule has 0 spiro atoms. The van der Waals surface area contributed by atoms with Crippen LogP contribution >= 0.6 is 11.3 Å². The van der Waals surface area contributed by atoms with Gasteiger partial charge in [-0.15, -0.1) is 11.3 Å². The van der Waals surface area contributed by atoms with Crippen molar-refractivity contribution in [2.45, 2.75) is 51.5 Å². The van der Waals surface area contributed by atoms with Gasteiger partial charge in [0.1, 0.15) is 6.04 Å². The number of rotatable bonds is 9. The van der Waals surface area contributed by atoms with E-state index in [1.165, 1.54) is 9.01 Å². The largest absolute Gasteiger partial charge is 0.355 e. The second-order valence-electron chi connectivity index (χ2n) is 6.91. The highest BCUT2D eigenvalue weighted by atomic mass is 32.2. The van der Waals surface area contributed by atoms with Crippen LogP contribution in [0.5, 0.6) is 0 Å². The molecule has 0 bridgehead atoms. The van der Waals surface area contributed by atoms with Gasteiger partial charge in [0.05, 0.1) is 21.0 Å². The topological polar surface area (TPSA) is 79.4 Å². The molecule has 1 N–H and O–H groups in total. The van der Waals surface area contributed by atoms with Crippen molar-refractivity contribution in [2.75, 3.05) is 18.8 Å². The molecule has 1 saturated heterocycles. The zero-order valence-electron chi connectivity index (χ0n) is 15.7. The van der Waals surface area contributed by atoms with E-state index in [1.807, 2.05) is 25.1 Å². The van der Waals surface area contributed by atoms with Crippen LogP contribution in [0.1, 0.15) is 44.0 Å². The van der Waals surface area contributed by atoms with E-state index >= 15 is 0 Å². The lowest BCUT2D eigenvalue weighted by molar-refractivity contribution is -0.124.